The Morgan fingerprint density at radius 2 is 0.779 bits per heavy atom. The topological polar surface area (TPSA) is 135 Å². The Labute approximate surface area is 1190 Å². The van der Waals surface area contributed by atoms with Gasteiger partial charge in [0.05, 0.1) is 5.52 Å². The Balaban J connectivity index is -0.0000000998. The first-order valence-corrected chi connectivity index (χ1v) is 48.3. The number of benzene rings is 5. The number of furan rings is 2. The molecule has 2 N–H and O–H groups in total. The van der Waals surface area contributed by atoms with Crippen molar-refractivity contribution in [2.45, 2.75) is 222 Å². The van der Waals surface area contributed by atoms with Gasteiger partial charge in [0.25, 0.3) is 0 Å². The molecule has 12 aromatic heterocycles. The maximum Gasteiger partial charge on any atom is 0.0543 e. The number of rotatable bonds is 11. The molecule has 10 nitrogen and oxygen atoms in total. The fourth-order valence-corrected chi connectivity index (χ4v) is 11.8. The van der Waals surface area contributed by atoms with E-state index in [2.05, 4.69) is 127 Å². The predicted octanol–water partition coefficient (Wildman–Crippen LogP) is 36.5. The zero-order valence-corrected chi connectivity index (χ0v) is 127. The van der Waals surface area contributed by atoms with E-state index in [-0.39, 0.29) is 360 Å². The molecular formula is C126H146N8O2S2Y11-22. The van der Waals surface area contributed by atoms with Crippen LogP contribution in [0, 0.1) is 222 Å². The van der Waals surface area contributed by atoms with Crippen LogP contribution in [0.4, 0.5) is 0 Å². The first-order chi connectivity index (χ1) is 66.9. The molecule has 5 aromatic carbocycles. The molecule has 0 aliphatic heterocycles. The molecule has 0 bridgehead atoms. The number of thiophene rings is 2. The smallest absolute Gasteiger partial charge is 0.0543 e. The molecule has 12 heterocycles. The van der Waals surface area contributed by atoms with Gasteiger partial charge in [0.15, 0.2) is 0 Å². The quantitative estimate of drug-likeness (QED) is 0.0966. The molecule has 23 heteroatoms. The van der Waals surface area contributed by atoms with E-state index in [1.165, 1.54) is 69.0 Å². The number of H-pyrrole nitrogens is 2. The largest absolute Gasteiger partial charge is 0.630 e. The van der Waals surface area contributed by atoms with E-state index in [9.17, 15) is 0 Å². The van der Waals surface area contributed by atoms with E-state index >= 15 is 0 Å². The van der Waals surface area contributed by atoms with Crippen LogP contribution in [-0.2, 0) is 360 Å². The Morgan fingerprint density at radius 3 is 1.17 bits per heavy atom. The molecule has 17 rings (SSSR count). The van der Waals surface area contributed by atoms with E-state index in [1.54, 1.807) is 71.8 Å². The molecule has 0 aliphatic rings. The molecule has 17 aromatic rings. The fourth-order valence-electron chi connectivity index (χ4n) is 10.2. The van der Waals surface area contributed by atoms with Gasteiger partial charge in [0.2, 0.25) is 0 Å². The number of aromatic nitrogens is 8. The zero-order valence-electron chi connectivity index (χ0n) is 94.4. The van der Waals surface area contributed by atoms with Gasteiger partial charge >= 0.3 is 0 Å². The van der Waals surface area contributed by atoms with Crippen molar-refractivity contribution < 1.29 is 369 Å². The number of aromatic amines is 2. The second-order valence-corrected chi connectivity index (χ2v) is 28.0. The van der Waals surface area contributed by atoms with E-state index in [0.717, 1.165) is 160 Å². The normalized spacial score (nSPS) is 8.24. The van der Waals surface area contributed by atoms with Gasteiger partial charge in [-0.15, -0.1) is 61.3 Å². The fraction of sp³-hybridized carbons (Fsp3) is 0.254. The Hall–Kier alpha value is -1.64. The Bertz CT molecular complexity index is 5690. The summed E-state index contributed by atoms with van der Waals surface area (Å²) in [6, 6.07) is 57.4. The number of pyridine rings is 6. The molecule has 0 spiro atoms. The molecule has 769 valence electrons. The predicted molar refractivity (Wildman–Crippen MR) is 606 cm³/mol. The molecule has 11 radical (unpaired) electrons. The van der Waals surface area contributed by atoms with Crippen molar-refractivity contribution in [2.24, 2.45) is 0 Å². The second kappa shape index (κ2) is 116. The molecule has 0 saturated carbocycles. The van der Waals surface area contributed by atoms with E-state index in [4.69, 9.17) is 81.2 Å². The second-order valence-electron chi connectivity index (χ2n) is 25.7. The van der Waals surface area contributed by atoms with Gasteiger partial charge in [-0.3, -0.25) is 71.1 Å². The van der Waals surface area contributed by atoms with Crippen molar-refractivity contribution >= 4 is 155 Å². The van der Waals surface area contributed by atoms with Gasteiger partial charge in [-0.25, -0.2) is 77.0 Å². The van der Waals surface area contributed by atoms with Gasteiger partial charge in [-0.05, 0) is 46.3 Å². The summed E-state index contributed by atoms with van der Waals surface area (Å²) in [5.41, 5.74) is 20.8. The van der Waals surface area contributed by atoms with Crippen LogP contribution in [-0.4, -0.2) is 39.9 Å². The van der Waals surface area contributed by atoms with Crippen molar-refractivity contribution in [1.82, 2.24) is 39.9 Å². The summed E-state index contributed by atoms with van der Waals surface area (Å²) >= 11 is 3.30. The number of nitrogens with one attached hydrogen (secondary N) is 2. The van der Waals surface area contributed by atoms with Gasteiger partial charge < -0.3 is 201 Å². The molecule has 149 heavy (non-hydrogen) atoms. The number of fused-ring (bicyclic) bond motifs is 7. The minimum atomic E-state index is 0. The zero-order chi connectivity index (χ0) is 106. The maximum atomic E-state index is 5.44. The summed E-state index contributed by atoms with van der Waals surface area (Å²) < 4.78 is 10.1. The van der Waals surface area contributed by atoms with E-state index < -0.39 is 0 Å². The van der Waals surface area contributed by atoms with E-state index in [0.29, 0.717) is 5.76 Å². The Kier molecular flexibility index (Phi) is 140. The minimum Gasteiger partial charge on any atom is -0.630 e. The van der Waals surface area contributed by atoms with E-state index in [1.807, 2.05) is 335 Å². The molecule has 0 amide bonds. The standard InChI is InChI=1S/C14H8N2.4C11H7N.2C8H9N.2C8H8O.2C8H8S.10C2H6.11Y/c1-2-10-8-12-6-5-11-4-3-7-15-13(11)14(12)16-9-10;1-2-9-3-4-11-8-12-6-5-10(11)7-9;1-2-9-3-4-10-5-6-12-8-11(10)7-9;1-2-9-5-6-11-10(8-9)4-3-7-12-11;1-2-9-7-10-5-3-4-6-11(10)12-8-9;1-4-8-5-9-7(3)6(8)2;1-4-8-5-6(2)7(3)9-8;1-4-8-5-9-7(3)6(8)2;1-4-8-5-6(2)7(3)9-8;1-4-8-5-9-7(3)6(8)2;1-4-8-5-6(2)7(3)9-8;10*1-2;;;;;;;;;;;/h1-8H;2*1-2,4-8H;1-4,6-8H;1-7H;2*1,4,9H,2-3H3;4*1,4H,2-3H3;10*1-2H3;;;;;;;;;;;/q11*-2;;;;;;;;;;;;;;;;;;;;;. The summed E-state index contributed by atoms with van der Waals surface area (Å²) in [5, 5.41) is 11.8. The van der Waals surface area contributed by atoms with Crippen LogP contribution in [0.25, 0.3) is 132 Å². The van der Waals surface area contributed by atoms with Crippen LogP contribution in [0.5, 0.6) is 0 Å². The number of nitrogens with zero attached hydrogens (tertiary/aromatic N) is 6. The summed E-state index contributed by atoms with van der Waals surface area (Å²) in [5.74, 6) is 2.38. The summed E-state index contributed by atoms with van der Waals surface area (Å²) in [6.07, 6.45) is 38.7. The summed E-state index contributed by atoms with van der Waals surface area (Å²) in [6.45, 7) is 122. The van der Waals surface area contributed by atoms with Gasteiger partial charge in [0.1, 0.15) is 0 Å². The molecule has 0 saturated heterocycles. The third kappa shape index (κ3) is 70.3. The number of hydrogen-bond donors (Lipinski definition) is 2. The summed E-state index contributed by atoms with van der Waals surface area (Å²) in [7, 11) is 0. The number of para-hydroxylation sites is 1. The average molecular weight is 2850 g/mol. The van der Waals surface area contributed by atoms with Crippen LogP contribution < -0.4 is 0 Å². The molecular weight excluding hydrogens is 2700 g/mol. The van der Waals surface area contributed by atoms with Crippen LogP contribution in [0.3, 0.4) is 0 Å². The number of aryl methyl sites for hydroxylation is 9. The monoisotopic (exact) mass is 2850 g/mol. The van der Waals surface area contributed by atoms with Crippen LogP contribution in [0.1, 0.15) is 265 Å². The number of hydrogen-bond acceptors (Lipinski definition) is 10. The maximum absolute atomic E-state index is 5.44. The first kappa shape index (κ1) is 180. The van der Waals surface area contributed by atoms with Crippen molar-refractivity contribution in [3.63, 3.8) is 0 Å². The van der Waals surface area contributed by atoms with Gasteiger partial charge in [-0.1, -0.05) is 310 Å². The van der Waals surface area contributed by atoms with Crippen LogP contribution in [0.2, 0.25) is 0 Å². The van der Waals surface area contributed by atoms with Crippen LogP contribution >= 0.6 is 22.7 Å². The molecule has 0 fully saturated rings. The molecule has 0 atom stereocenters. The third-order valence-electron chi connectivity index (χ3n) is 17.8. The van der Waals surface area contributed by atoms with Gasteiger partial charge in [0, 0.05) is 396 Å². The average Bonchev–Trinajstić information content (AvgIpc) is 1.19. The van der Waals surface area contributed by atoms with Gasteiger partial charge in [-0.2, -0.15) is 40.6 Å². The molecule has 0 aliphatic carbocycles. The van der Waals surface area contributed by atoms with Crippen molar-refractivity contribution in [2.75, 3.05) is 0 Å². The third-order valence-corrected chi connectivity index (χ3v) is 19.8. The van der Waals surface area contributed by atoms with Crippen molar-refractivity contribution in [1.29, 1.82) is 0 Å². The first-order valence-electron chi connectivity index (χ1n) is 46.7. The molecule has 0 unspecified atom stereocenters. The van der Waals surface area contributed by atoms with Crippen molar-refractivity contribution in [3.05, 3.63) is 424 Å². The van der Waals surface area contributed by atoms with Crippen molar-refractivity contribution in [3.8, 4) is 0 Å². The SMILES string of the molecule is CC.CC.CC.CC.CC.CC.CC.CC.CC.CC.[CH-]=Cc1[c-][nH]c(C)c1C.[CH-]=Cc1[c-]c(C)c(C)[nH]1.[CH-]=Cc1[c-]c(C)c(C)o1.[CH-]=Cc1[c-]c(C)c(C)s1.[CH-]=Cc1[c-]cc2ccncc2c1.[CH-]=Cc1[c-]cc2cnccc2c1.[CH-]=Cc1[c-]cc2ncccc2c1.[CH-]=Cc1[c-]nc2c(ccc3cccnc32)c1.[CH-]=Cc1[c-]nc2ccccc2c1.[CH-]=Cc1[c-]oc(C)c1C.[CH-]=Cc1[c-]sc(C)c1C.[Y].[Y].[Y].[Y].[Y].[Y].[Y].[Y].[Y].[Y].[Y]. The summed E-state index contributed by atoms with van der Waals surface area (Å²) in [4.78, 5) is 34.6. The Morgan fingerprint density at radius 1 is 0.329 bits per heavy atom. The van der Waals surface area contributed by atoms with Crippen LogP contribution in [0.15, 0.2) is 167 Å². The minimum absolute atomic E-state index is 0.